The molecule has 168 valence electrons. The molecule has 8 nitrogen and oxygen atoms in total. The van der Waals surface area contributed by atoms with Crippen LogP contribution >= 0.6 is 0 Å². The molecule has 0 unspecified atom stereocenters. The average molecular weight is 447 g/mol. The van der Waals surface area contributed by atoms with Gasteiger partial charge >= 0.3 is 0 Å². The summed E-state index contributed by atoms with van der Waals surface area (Å²) in [6, 6.07) is 12.0. The number of rotatable bonds is 6. The zero-order chi connectivity index (χ0) is 23.7. The Labute approximate surface area is 189 Å². The Morgan fingerprint density at radius 2 is 1.58 bits per heavy atom. The summed E-state index contributed by atoms with van der Waals surface area (Å²) in [7, 11) is 3.09. The number of fused-ring (bicyclic) bond motifs is 2. The van der Waals surface area contributed by atoms with Gasteiger partial charge in [-0.15, -0.1) is 0 Å². The molecule has 0 fully saturated rings. The SMILES string of the molecule is COc1ccc(CCNC(=O)c2cc(O)c3c(c2)C(=O)c2cccc(O)c2C3=O)cc1OC. The van der Waals surface area contributed by atoms with Crippen molar-refractivity contribution in [2.75, 3.05) is 20.8 Å². The van der Waals surface area contributed by atoms with Crippen LogP contribution in [-0.4, -0.2) is 48.5 Å². The van der Waals surface area contributed by atoms with Crippen LogP contribution in [0.3, 0.4) is 0 Å². The van der Waals surface area contributed by atoms with E-state index in [1.807, 2.05) is 12.1 Å². The van der Waals surface area contributed by atoms with Gasteiger partial charge in [-0.1, -0.05) is 18.2 Å². The minimum Gasteiger partial charge on any atom is -0.507 e. The predicted octanol–water partition coefficient (Wildman–Crippen LogP) is 2.86. The number of amides is 1. The molecule has 1 amide bonds. The van der Waals surface area contributed by atoms with E-state index in [-0.39, 0.29) is 40.1 Å². The summed E-state index contributed by atoms with van der Waals surface area (Å²) < 4.78 is 10.5. The van der Waals surface area contributed by atoms with E-state index < -0.39 is 23.2 Å². The van der Waals surface area contributed by atoms with E-state index in [0.29, 0.717) is 17.9 Å². The summed E-state index contributed by atoms with van der Waals surface area (Å²) in [4.78, 5) is 38.4. The van der Waals surface area contributed by atoms with Crippen molar-refractivity contribution in [3.63, 3.8) is 0 Å². The first-order valence-corrected chi connectivity index (χ1v) is 10.1. The number of ketones is 2. The quantitative estimate of drug-likeness (QED) is 0.415. The lowest BCUT2D eigenvalue weighted by molar-refractivity contribution is 0.0949. The first-order valence-electron chi connectivity index (χ1n) is 10.1. The molecule has 0 aliphatic heterocycles. The minimum atomic E-state index is -0.671. The second kappa shape index (κ2) is 8.66. The Morgan fingerprint density at radius 1 is 0.848 bits per heavy atom. The number of phenolic OH excluding ortho intramolecular Hbond substituents is 2. The van der Waals surface area contributed by atoms with Crippen LogP contribution in [0.15, 0.2) is 48.5 Å². The largest absolute Gasteiger partial charge is 0.507 e. The number of hydrogen-bond donors (Lipinski definition) is 3. The molecule has 3 aromatic carbocycles. The predicted molar refractivity (Wildman–Crippen MR) is 119 cm³/mol. The lowest BCUT2D eigenvalue weighted by Crippen LogP contribution is -2.27. The fourth-order valence-electron chi connectivity index (χ4n) is 3.87. The molecule has 8 heteroatoms. The maximum atomic E-state index is 12.9. The summed E-state index contributed by atoms with van der Waals surface area (Å²) in [6.07, 6.45) is 0.507. The van der Waals surface area contributed by atoms with Crippen LogP contribution < -0.4 is 14.8 Å². The number of carbonyl (C=O) groups excluding carboxylic acids is 3. The highest BCUT2D eigenvalue weighted by Crippen LogP contribution is 2.37. The highest BCUT2D eigenvalue weighted by molar-refractivity contribution is 6.30. The normalized spacial score (nSPS) is 12.1. The minimum absolute atomic E-state index is 0.0258. The van der Waals surface area contributed by atoms with Crippen LogP contribution in [0.5, 0.6) is 23.0 Å². The van der Waals surface area contributed by atoms with Crippen LogP contribution in [0.4, 0.5) is 0 Å². The van der Waals surface area contributed by atoms with Crippen LogP contribution in [0, 0.1) is 0 Å². The molecule has 1 aliphatic rings. The molecule has 0 spiro atoms. The molecule has 1 aliphatic carbocycles. The molecule has 0 radical (unpaired) electrons. The van der Waals surface area contributed by atoms with Gasteiger partial charge in [-0.25, -0.2) is 0 Å². The number of phenols is 2. The lowest BCUT2D eigenvalue weighted by Gasteiger charge is -2.20. The number of hydrogen-bond acceptors (Lipinski definition) is 7. The highest BCUT2D eigenvalue weighted by atomic mass is 16.5. The van der Waals surface area contributed by atoms with Crippen molar-refractivity contribution in [3.05, 3.63) is 81.9 Å². The molecule has 33 heavy (non-hydrogen) atoms. The van der Waals surface area contributed by atoms with Crippen LogP contribution in [0.25, 0.3) is 0 Å². The molecule has 0 aromatic heterocycles. The molecule has 3 aromatic rings. The van der Waals surface area contributed by atoms with Gasteiger partial charge in [-0.2, -0.15) is 0 Å². The third-order valence-corrected chi connectivity index (χ3v) is 5.51. The van der Waals surface area contributed by atoms with Crippen molar-refractivity contribution in [1.29, 1.82) is 0 Å². The van der Waals surface area contributed by atoms with E-state index in [1.54, 1.807) is 13.2 Å². The van der Waals surface area contributed by atoms with E-state index in [9.17, 15) is 24.6 Å². The molecular weight excluding hydrogens is 426 g/mol. The van der Waals surface area contributed by atoms with Gasteiger partial charge in [0.05, 0.1) is 25.3 Å². The summed E-state index contributed by atoms with van der Waals surface area (Å²) in [5.41, 5.74) is 0.524. The van der Waals surface area contributed by atoms with Gasteiger partial charge in [-0.05, 0) is 42.3 Å². The van der Waals surface area contributed by atoms with E-state index >= 15 is 0 Å². The maximum Gasteiger partial charge on any atom is 0.251 e. The highest BCUT2D eigenvalue weighted by Gasteiger charge is 2.34. The zero-order valence-corrected chi connectivity index (χ0v) is 18.0. The first kappa shape index (κ1) is 21.9. The molecule has 0 saturated carbocycles. The van der Waals surface area contributed by atoms with Crippen molar-refractivity contribution in [1.82, 2.24) is 5.32 Å². The Bertz CT molecular complexity index is 1300. The summed E-state index contributed by atoms with van der Waals surface area (Å²) in [5, 5.41) is 23.2. The third-order valence-electron chi connectivity index (χ3n) is 5.51. The molecule has 0 bridgehead atoms. The first-order chi connectivity index (χ1) is 15.8. The summed E-state index contributed by atoms with van der Waals surface area (Å²) in [6.45, 7) is 0.287. The fraction of sp³-hybridized carbons (Fsp3) is 0.160. The number of ether oxygens (including phenoxy) is 2. The van der Waals surface area contributed by atoms with Crippen LogP contribution in [0.1, 0.15) is 47.8 Å². The smallest absolute Gasteiger partial charge is 0.251 e. The van der Waals surface area contributed by atoms with Gasteiger partial charge < -0.3 is 25.0 Å². The van der Waals surface area contributed by atoms with Gasteiger partial charge in [-0.3, -0.25) is 14.4 Å². The van der Waals surface area contributed by atoms with Crippen molar-refractivity contribution < 1.29 is 34.1 Å². The maximum absolute atomic E-state index is 12.9. The van der Waals surface area contributed by atoms with Crippen molar-refractivity contribution >= 4 is 17.5 Å². The standard InChI is InChI=1S/C25H21NO7/c1-32-19-7-6-13(10-20(19)33-2)8-9-26-25(31)14-11-16-22(18(28)12-14)24(30)21-15(23(16)29)4-3-5-17(21)27/h3-7,10-12,27-28H,8-9H2,1-2H3,(H,26,31). The number of methoxy groups -OCH3 is 2. The summed E-state index contributed by atoms with van der Waals surface area (Å²) >= 11 is 0. The monoisotopic (exact) mass is 447 g/mol. The van der Waals surface area contributed by atoms with Crippen LogP contribution in [-0.2, 0) is 6.42 Å². The van der Waals surface area contributed by atoms with Crippen molar-refractivity contribution in [2.45, 2.75) is 6.42 Å². The number of aromatic hydroxyl groups is 2. The third kappa shape index (κ3) is 3.87. The average Bonchev–Trinajstić information content (AvgIpc) is 2.81. The molecule has 3 N–H and O–H groups in total. The van der Waals surface area contributed by atoms with E-state index in [2.05, 4.69) is 5.32 Å². The molecule has 0 atom stereocenters. The lowest BCUT2D eigenvalue weighted by atomic mass is 9.82. The van der Waals surface area contributed by atoms with E-state index in [0.717, 1.165) is 11.6 Å². The van der Waals surface area contributed by atoms with Gasteiger partial charge in [0.1, 0.15) is 11.5 Å². The Kier molecular flexibility index (Phi) is 5.74. The number of carbonyl (C=O) groups is 3. The van der Waals surface area contributed by atoms with Gasteiger partial charge in [0.25, 0.3) is 5.91 Å². The van der Waals surface area contributed by atoms with Crippen molar-refractivity contribution in [3.8, 4) is 23.0 Å². The number of benzene rings is 3. The van der Waals surface area contributed by atoms with Crippen molar-refractivity contribution in [2.24, 2.45) is 0 Å². The Morgan fingerprint density at radius 3 is 2.30 bits per heavy atom. The zero-order valence-electron chi connectivity index (χ0n) is 18.0. The second-order valence-corrected chi connectivity index (χ2v) is 7.47. The summed E-state index contributed by atoms with van der Waals surface area (Å²) in [5.74, 6) is -1.38. The second-order valence-electron chi connectivity index (χ2n) is 7.47. The van der Waals surface area contributed by atoms with Gasteiger partial charge in [0, 0.05) is 23.2 Å². The fourth-order valence-corrected chi connectivity index (χ4v) is 3.87. The van der Waals surface area contributed by atoms with E-state index in [4.69, 9.17) is 9.47 Å². The molecule has 4 rings (SSSR count). The number of nitrogens with one attached hydrogen (secondary N) is 1. The molecule has 0 saturated heterocycles. The van der Waals surface area contributed by atoms with Gasteiger partial charge in [0.2, 0.25) is 5.78 Å². The Balaban J connectivity index is 1.53. The Hall–Kier alpha value is -4.33. The molecule has 0 heterocycles. The molecular formula is C25H21NO7. The van der Waals surface area contributed by atoms with Gasteiger partial charge in [0.15, 0.2) is 17.3 Å². The van der Waals surface area contributed by atoms with E-state index in [1.165, 1.54) is 31.4 Å². The van der Waals surface area contributed by atoms with Crippen LogP contribution in [0.2, 0.25) is 0 Å². The topological polar surface area (TPSA) is 122 Å².